The van der Waals surface area contributed by atoms with Crippen LogP contribution in [0, 0.1) is 12.8 Å². The van der Waals surface area contributed by atoms with Gasteiger partial charge in [0.05, 0.1) is 0 Å². The first-order valence-corrected chi connectivity index (χ1v) is 3.57. The molecule has 0 unspecified atom stereocenters. The van der Waals surface area contributed by atoms with Crippen LogP contribution in [-0.2, 0) is 22.4 Å². The molecule has 0 aromatic heterocycles. The molecular formula is C8H18AuN. The minimum Gasteiger partial charge on any atom is -0.339 e. The van der Waals surface area contributed by atoms with Crippen LogP contribution >= 0.6 is 0 Å². The smallest absolute Gasteiger partial charge is 0.339 e. The molecule has 0 aliphatic carbocycles. The molecule has 0 aliphatic heterocycles. The molecule has 0 radical (unpaired) electrons. The van der Waals surface area contributed by atoms with Crippen LogP contribution in [-0.4, -0.2) is 24.5 Å². The van der Waals surface area contributed by atoms with Crippen LogP contribution in [0.1, 0.15) is 20.8 Å². The van der Waals surface area contributed by atoms with Gasteiger partial charge in [-0.05, 0) is 27.4 Å². The summed E-state index contributed by atoms with van der Waals surface area (Å²) < 4.78 is 0. The maximum Gasteiger partial charge on any atom is 1.00 e. The quantitative estimate of drug-likeness (QED) is 0.565. The van der Waals surface area contributed by atoms with Gasteiger partial charge in [-0.1, -0.05) is 6.92 Å². The molecule has 0 N–H and O–H groups in total. The molecule has 0 aliphatic rings. The standard InChI is InChI=1S/C8H18N.Au/c1-7(2)6-9(5)8(3)4;/h7-8H,1,6H2,2-5H3;/q-1;+1/t7-;/m1./s1. The molecule has 0 amide bonds. The Labute approximate surface area is 80.7 Å². The van der Waals surface area contributed by atoms with Gasteiger partial charge in [0.2, 0.25) is 0 Å². The van der Waals surface area contributed by atoms with Crippen LogP contribution in [0.25, 0.3) is 0 Å². The van der Waals surface area contributed by atoms with E-state index in [0.717, 1.165) is 6.54 Å². The van der Waals surface area contributed by atoms with Gasteiger partial charge in [-0.25, -0.2) is 0 Å². The van der Waals surface area contributed by atoms with Crippen molar-refractivity contribution in [1.29, 1.82) is 0 Å². The normalized spacial score (nSPS) is 13.5. The van der Waals surface area contributed by atoms with Crippen molar-refractivity contribution in [3.63, 3.8) is 0 Å². The van der Waals surface area contributed by atoms with Crippen molar-refractivity contribution in [2.24, 2.45) is 5.92 Å². The monoisotopic (exact) mass is 325 g/mol. The molecule has 0 saturated carbocycles. The summed E-state index contributed by atoms with van der Waals surface area (Å²) in [5.41, 5.74) is 0. The summed E-state index contributed by atoms with van der Waals surface area (Å²) in [5, 5.41) is 0. The SMILES string of the molecule is [Au+].[CH2-][C@H](C)CN(C)C(C)C. The predicted molar refractivity (Wildman–Crippen MR) is 42.3 cm³/mol. The average molecular weight is 325 g/mol. The zero-order valence-corrected chi connectivity index (χ0v) is 9.48. The summed E-state index contributed by atoms with van der Waals surface area (Å²) in [5.74, 6) is 0.539. The third-order valence-corrected chi connectivity index (χ3v) is 1.48. The Morgan fingerprint density at radius 3 is 1.80 bits per heavy atom. The molecule has 0 spiro atoms. The number of hydrogen-bond donors (Lipinski definition) is 0. The Bertz CT molecular complexity index is 71.7. The molecule has 1 atom stereocenters. The predicted octanol–water partition coefficient (Wildman–Crippen LogP) is 1.79. The molecule has 10 heavy (non-hydrogen) atoms. The van der Waals surface area contributed by atoms with Gasteiger partial charge in [-0.2, -0.15) is 5.92 Å². The van der Waals surface area contributed by atoms with Gasteiger partial charge in [0, 0.05) is 6.04 Å². The molecule has 0 rings (SSSR count). The number of hydrogen-bond acceptors (Lipinski definition) is 1. The average Bonchev–Trinajstić information content (AvgIpc) is 1.63. The van der Waals surface area contributed by atoms with Crippen molar-refractivity contribution in [2.75, 3.05) is 13.6 Å². The van der Waals surface area contributed by atoms with Gasteiger partial charge in [0.15, 0.2) is 0 Å². The molecule has 0 heterocycles. The number of nitrogens with zero attached hydrogens (tertiary/aromatic N) is 1. The van der Waals surface area contributed by atoms with E-state index in [1.165, 1.54) is 0 Å². The first kappa shape index (κ1) is 13.3. The number of rotatable bonds is 3. The van der Waals surface area contributed by atoms with Crippen molar-refractivity contribution in [3.8, 4) is 0 Å². The molecule has 0 aromatic carbocycles. The van der Waals surface area contributed by atoms with E-state index in [9.17, 15) is 0 Å². The molecule has 0 bridgehead atoms. The molecule has 2 heteroatoms. The molecular weight excluding hydrogens is 307 g/mol. The van der Waals surface area contributed by atoms with Gasteiger partial charge in [0.25, 0.3) is 0 Å². The van der Waals surface area contributed by atoms with Crippen LogP contribution in [0.3, 0.4) is 0 Å². The van der Waals surface area contributed by atoms with E-state index >= 15 is 0 Å². The molecule has 66 valence electrons. The van der Waals surface area contributed by atoms with Crippen LogP contribution in [0.4, 0.5) is 0 Å². The summed E-state index contributed by atoms with van der Waals surface area (Å²) in [6.07, 6.45) is 0. The minimum absolute atomic E-state index is 0. The van der Waals surface area contributed by atoms with E-state index in [1.807, 2.05) is 0 Å². The zero-order valence-electron chi connectivity index (χ0n) is 7.32. The van der Waals surface area contributed by atoms with E-state index in [4.69, 9.17) is 0 Å². The minimum atomic E-state index is 0. The van der Waals surface area contributed by atoms with Crippen molar-refractivity contribution in [2.45, 2.75) is 26.8 Å². The second-order valence-corrected chi connectivity index (χ2v) is 3.14. The van der Waals surface area contributed by atoms with Crippen molar-refractivity contribution in [1.82, 2.24) is 4.90 Å². The Balaban J connectivity index is 0. The Morgan fingerprint density at radius 2 is 1.70 bits per heavy atom. The summed E-state index contributed by atoms with van der Waals surface area (Å²) >= 11 is 0. The largest absolute Gasteiger partial charge is 1.00 e. The fraction of sp³-hybridized carbons (Fsp3) is 0.875. The van der Waals surface area contributed by atoms with Crippen molar-refractivity contribution < 1.29 is 22.4 Å². The van der Waals surface area contributed by atoms with Crippen LogP contribution in [0.15, 0.2) is 0 Å². The van der Waals surface area contributed by atoms with Crippen molar-refractivity contribution >= 4 is 0 Å². The van der Waals surface area contributed by atoms with Crippen LogP contribution in [0.5, 0.6) is 0 Å². The second kappa shape index (κ2) is 6.41. The van der Waals surface area contributed by atoms with E-state index in [0.29, 0.717) is 12.0 Å². The molecule has 0 saturated heterocycles. The second-order valence-electron chi connectivity index (χ2n) is 3.14. The first-order valence-electron chi connectivity index (χ1n) is 3.57. The fourth-order valence-electron chi connectivity index (χ4n) is 0.702. The van der Waals surface area contributed by atoms with E-state index in [2.05, 4.69) is 39.6 Å². The van der Waals surface area contributed by atoms with Gasteiger partial charge >= 0.3 is 22.4 Å². The maximum atomic E-state index is 3.92. The third kappa shape index (κ3) is 6.82. The van der Waals surface area contributed by atoms with E-state index < -0.39 is 0 Å². The summed E-state index contributed by atoms with van der Waals surface area (Å²) in [7, 11) is 2.13. The summed E-state index contributed by atoms with van der Waals surface area (Å²) in [6, 6.07) is 0.647. The maximum absolute atomic E-state index is 3.92. The topological polar surface area (TPSA) is 3.24 Å². The van der Waals surface area contributed by atoms with Gasteiger partial charge in [-0.15, -0.1) is 0 Å². The van der Waals surface area contributed by atoms with E-state index in [-0.39, 0.29) is 22.4 Å². The van der Waals surface area contributed by atoms with Crippen LogP contribution in [0.2, 0.25) is 0 Å². The summed E-state index contributed by atoms with van der Waals surface area (Å²) in [6.45, 7) is 11.5. The molecule has 0 aromatic rings. The first-order chi connectivity index (χ1) is 4.04. The van der Waals surface area contributed by atoms with E-state index in [1.54, 1.807) is 0 Å². The Morgan fingerprint density at radius 1 is 1.30 bits per heavy atom. The van der Waals surface area contributed by atoms with Gasteiger partial charge in [0.1, 0.15) is 0 Å². The summed E-state index contributed by atoms with van der Waals surface area (Å²) in [4.78, 5) is 2.30. The van der Waals surface area contributed by atoms with Crippen LogP contribution < -0.4 is 0 Å². The fourth-order valence-corrected chi connectivity index (χ4v) is 0.702. The van der Waals surface area contributed by atoms with Gasteiger partial charge < -0.3 is 11.8 Å². The Hall–Kier alpha value is 0.700. The zero-order chi connectivity index (χ0) is 7.44. The van der Waals surface area contributed by atoms with Crippen molar-refractivity contribution in [3.05, 3.63) is 6.92 Å². The Kier molecular flexibility index (Phi) is 8.53. The third-order valence-electron chi connectivity index (χ3n) is 1.48. The molecule has 0 fully saturated rings. The van der Waals surface area contributed by atoms with Gasteiger partial charge in [-0.3, -0.25) is 0 Å². The molecule has 1 nitrogen and oxygen atoms in total.